The lowest BCUT2D eigenvalue weighted by atomic mass is 9.86. The first-order valence-electron chi connectivity index (χ1n) is 9.67. The zero-order valence-corrected chi connectivity index (χ0v) is 15.7. The molecule has 2 fully saturated rings. The van der Waals surface area contributed by atoms with Crippen LogP contribution in [0.1, 0.15) is 46.0 Å². The third-order valence-corrected chi connectivity index (χ3v) is 5.35. The Morgan fingerprint density at radius 3 is 2.62 bits per heavy atom. The van der Waals surface area contributed by atoms with Crippen molar-refractivity contribution in [2.45, 2.75) is 58.0 Å². The summed E-state index contributed by atoms with van der Waals surface area (Å²) in [6, 6.07) is 7.42. The molecule has 26 heavy (non-hydrogen) atoms. The molecule has 3 atom stereocenters. The molecule has 1 aromatic rings. The lowest BCUT2D eigenvalue weighted by Crippen LogP contribution is -2.49. The van der Waals surface area contributed by atoms with Crippen LogP contribution in [0.5, 0.6) is 5.75 Å². The van der Waals surface area contributed by atoms with Gasteiger partial charge in [0.25, 0.3) is 0 Å². The highest BCUT2D eigenvalue weighted by Gasteiger charge is 2.32. The normalized spacial score (nSPS) is 25.8. The van der Waals surface area contributed by atoms with Gasteiger partial charge in [-0.25, -0.2) is 4.79 Å². The number of hydrogen-bond acceptors (Lipinski definition) is 3. The van der Waals surface area contributed by atoms with Crippen LogP contribution in [-0.2, 0) is 4.79 Å². The van der Waals surface area contributed by atoms with Gasteiger partial charge >= 0.3 is 6.03 Å². The first kappa shape index (κ1) is 18.5. The van der Waals surface area contributed by atoms with Crippen LogP contribution in [0.15, 0.2) is 24.3 Å². The molecule has 1 aromatic carbocycles. The van der Waals surface area contributed by atoms with E-state index in [-0.39, 0.29) is 24.0 Å². The average Bonchev–Trinajstić information content (AvgIpc) is 2.98. The van der Waals surface area contributed by atoms with Gasteiger partial charge in [-0.3, -0.25) is 4.79 Å². The predicted octanol–water partition coefficient (Wildman–Crippen LogP) is 3.07. The quantitative estimate of drug-likeness (QED) is 0.849. The number of carbonyl (C=O) groups excluding carboxylic acids is 2. The summed E-state index contributed by atoms with van der Waals surface area (Å²) < 4.78 is 5.44. The van der Waals surface area contributed by atoms with E-state index in [0.29, 0.717) is 25.5 Å². The Labute approximate surface area is 155 Å². The fourth-order valence-electron chi connectivity index (χ4n) is 3.87. The average molecular weight is 359 g/mol. The minimum absolute atomic E-state index is 0.0329. The molecule has 1 aliphatic carbocycles. The second-order valence-electron chi connectivity index (χ2n) is 7.32. The molecule has 1 saturated heterocycles. The van der Waals surface area contributed by atoms with Crippen LogP contribution in [-0.4, -0.2) is 37.2 Å². The fourth-order valence-corrected chi connectivity index (χ4v) is 3.87. The molecule has 142 valence electrons. The summed E-state index contributed by atoms with van der Waals surface area (Å²) in [5.74, 6) is 1.34. The Morgan fingerprint density at radius 2 is 1.92 bits per heavy atom. The van der Waals surface area contributed by atoms with Crippen LogP contribution < -0.4 is 20.3 Å². The number of nitrogens with zero attached hydrogens (tertiary/aromatic N) is 1. The Kier molecular flexibility index (Phi) is 6.01. The molecule has 1 heterocycles. The monoisotopic (exact) mass is 359 g/mol. The van der Waals surface area contributed by atoms with Gasteiger partial charge in [-0.2, -0.15) is 0 Å². The molecule has 1 saturated carbocycles. The molecule has 6 nitrogen and oxygen atoms in total. The van der Waals surface area contributed by atoms with Crippen molar-refractivity contribution in [3.05, 3.63) is 24.3 Å². The zero-order valence-electron chi connectivity index (χ0n) is 15.7. The first-order valence-corrected chi connectivity index (χ1v) is 9.67. The molecular formula is C20H29N3O3. The lowest BCUT2D eigenvalue weighted by molar-refractivity contribution is -0.117. The van der Waals surface area contributed by atoms with Crippen molar-refractivity contribution in [1.29, 1.82) is 0 Å². The highest BCUT2D eigenvalue weighted by Crippen LogP contribution is 2.25. The largest absolute Gasteiger partial charge is 0.494 e. The summed E-state index contributed by atoms with van der Waals surface area (Å²) in [5.41, 5.74) is 0.837. The van der Waals surface area contributed by atoms with Gasteiger partial charge in [-0.15, -0.1) is 0 Å². The maximum atomic E-state index is 12.3. The molecule has 0 spiro atoms. The first-order chi connectivity index (χ1) is 12.6. The Balaban J connectivity index is 1.53. The third-order valence-electron chi connectivity index (χ3n) is 5.35. The maximum absolute atomic E-state index is 12.3. The highest BCUT2D eigenvalue weighted by atomic mass is 16.5. The summed E-state index contributed by atoms with van der Waals surface area (Å²) in [4.78, 5) is 26.4. The van der Waals surface area contributed by atoms with Crippen molar-refractivity contribution in [2.24, 2.45) is 5.92 Å². The van der Waals surface area contributed by atoms with Crippen molar-refractivity contribution >= 4 is 17.6 Å². The van der Waals surface area contributed by atoms with Crippen molar-refractivity contribution in [1.82, 2.24) is 10.6 Å². The number of amides is 3. The molecule has 2 aliphatic rings. The molecule has 1 aliphatic heterocycles. The number of benzene rings is 1. The highest BCUT2D eigenvalue weighted by molar-refractivity contribution is 5.96. The summed E-state index contributed by atoms with van der Waals surface area (Å²) in [6.07, 6.45) is 4.95. The van der Waals surface area contributed by atoms with Crippen molar-refractivity contribution < 1.29 is 14.3 Å². The number of ether oxygens (including phenoxy) is 1. The SMILES string of the molecule is CCOc1ccc(N2C[C@H](NC(=O)N[C@H]3CCCC[C@@H]3C)CC2=O)cc1. The van der Waals surface area contributed by atoms with Crippen LogP contribution in [0.4, 0.5) is 10.5 Å². The maximum Gasteiger partial charge on any atom is 0.315 e. The van der Waals surface area contributed by atoms with E-state index in [1.165, 1.54) is 19.3 Å². The molecule has 2 N–H and O–H groups in total. The molecule has 0 radical (unpaired) electrons. The Morgan fingerprint density at radius 1 is 1.19 bits per heavy atom. The minimum Gasteiger partial charge on any atom is -0.494 e. The molecule has 6 heteroatoms. The number of urea groups is 1. The van der Waals surface area contributed by atoms with Gasteiger partial charge in [0.05, 0.1) is 12.6 Å². The Hall–Kier alpha value is -2.24. The minimum atomic E-state index is -0.159. The van der Waals surface area contributed by atoms with Crippen LogP contribution in [0.2, 0.25) is 0 Å². The lowest BCUT2D eigenvalue weighted by Gasteiger charge is -2.30. The van der Waals surface area contributed by atoms with Gasteiger partial charge in [0.15, 0.2) is 0 Å². The molecule has 3 amide bonds. The van der Waals surface area contributed by atoms with E-state index >= 15 is 0 Å². The van der Waals surface area contributed by atoms with Crippen LogP contribution >= 0.6 is 0 Å². The van der Waals surface area contributed by atoms with E-state index in [4.69, 9.17) is 4.74 Å². The van der Waals surface area contributed by atoms with Gasteiger partial charge in [0.2, 0.25) is 5.91 Å². The van der Waals surface area contributed by atoms with Gasteiger partial charge in [0.1, 0.15) is 5.75 Å². The van der Waals surface area contributed by atoms with E-state index in [2.05, 4.69) is 17.6 Å². The molecular weight excluding hydrogens is 330 g/mol. The Bertz CT molecular complexity index is 632. The number of anilines is 1. The van der Waals surface area contributed by atoms with E-state index in [1.54, 1.807) is 4.90 Å². The van der Waals surface area contributed by atoms with E-state index in [9.17, 15) is 9.59 Å². The van der Waals surface area contributed by atoms with Crippen molar-refractivity contribution in [2.75, 3.05) is 18.1 Å². The van der Waals surface area contributed by atoms with Crippen LogP contribution in [0.25, 0.3) is 0 Å². The second-order valence-corrected chi connectivity index (χ2v) is 7.32. The van der Waals surface area contributed by atoms with Gasteiger partial charge in [-0.1, -0.05) is 19.8 Å². The number of hydrogen-bond donors (Lipinski definition) is 2. The third kappa shape index (κ3) is 4.48. The summed E-state index contributed by atoms with van der Waals surface area (Å²) in [5, 5.41) is 6.06. The number of rotatable bonds is 5. The summed E-state index contributed by atoms with van der Waals surface area (Å²) in [7, 11) is 0. The number of nitrogens with one attached hydrogen (secondary N) is 2. The molecule has 0 aromatic heterocycles. The second kappa shape index (κ2) is 8.43. The number of carbonyl (C=O) groups is 2. The fraction of sp³-hybridized carbons (Fsp3) is 0.600. The van der Waals surface area contributed by atoms with Crippen LogP contribution in [0.3, 0.4) is 0 Å². The van der Waals surface area contributed by atoms with E-state index in [0.717, 1.165) is 17.9 Å². The topological polar surface area (TPSA) is 70.7 Å². The summed E-state index contributed by atoms with van der Waals surface area (Å²) >= 11 is 0. The van der Waals surface area contributed by atoms with Crippen molar-refractivity contribution in [3.63, 3.8) is 0 Å². The standard InChI is InChI=1S/C20H29N3O3/c1-3-26-17-10-8-16(9-11-17)23-13-15(12-19(23)24)21-20(25)22-18-7-5-4-6-14(18)2/h8-11,14-15,18H,3-7,12-13H2,1-2H3,(H2,21,22,25)/t14-,15+,18-/m0/s1. The predicted molar refractivity (Wildman–Crippen MR) is 101 cm³/mol. The van der Waals surface area contributed by atoms with E-state index < -0.39 is 0 Å². The van der Waals surface area contributed by atoms with Gasteiger partial charge in [0, 0.05) is 24.7 Å². The van der Waals surface area contributed by atoms with Crippen molar-refractivity contribution in [3.8, 4) is 5.75 Å². The summed E-state index contributed by atoms with van der Waals surface area (Å²) in [6.45, 7) is 5.24. The molecule has 0 bridgehead atoms. The van der Waals surface area contributed by atoms with Crippen LogP contribution in [0, 0.1) is 5.92 Å². The molecule has 3 rings (SSSR count). The smallest absolute Gasteiger partial charge is 0.315 e. The van der Waals surface area contributed by atoms with Gasteiger partial charge < -0.3 is 20.3 Å². The van der Waals surface area contributed by atoms with E-state index in [1.807, 2.05) is 31.2 Å². The zero-order chi connectivity index (χ0) is 18.5. The van der Waals surface area contributed by atoms with Gasteiger partial charge in [-0.05, 0) is 49.9 Å². The molecule has 0 unspecified atom stereocenters.